The Balaban J connectivity index is 1.15. The van der Waals surface area contributed by atoms with E-state index in [2.05, 4.69) is 13.8 Å². The first kappa shape index (κ1) is 26.2. The fourth-order valence-electron chi connectivity index (χ4n) is 10.0. The second kappa shape index (κ2) is 9.29. The van der Waals surface area contributed by atoms with Crippen LogP contribution < -0.4 is 0 Å². The summed E-state index contributed by atoms with van der Waals surface area (Å²) in [5.74, 6) is 1.45. The van der Waals surface area contributed by atoms with E-state index in [1.165, 1.54) is 0 Å². The zero-order chi connectivity index (χ0) is 26.2. The Morgan fingerprint density at radius 2 is 1.84 bits per heavy atom. The van der Waals surface area contributed by atoms with E-state index in [1.807, 2.05) is 6.92 Å². The number of carbonyl (C=O) groups excluding carboxylic acids is 1. The summed E-state index contributed by atoms with van der Waals surface area (Å²) in [4.78, 5) is 11.8. The largest absolute Gasteiger partial charge is 0.458 e. The van der Waals surface area contributed by atoms with Crippen LogP contribution in [0.1, 0.15) is 85.0 Å². The van der Waals surface area contributed by atoms with E-state index in [1.54, 1.807) is 13.2 Å². The molecule has 0 aromatic rings. The standard InChI is InChI=1S/C30H46O7/c1-17-27(32)24(34-4)15-26(36-17)37-20-7-10-28(2)19(14-20)5-6-23-22(28)8-11-29(3)21(9-12-30(23,29)33)18-13-25(31)35-16-18/h13,17,19-24,26-27,32-33H,5-12,14-16H2,1-4H3/t17-,19-,20+,21+,22-,23+,24-,26+,27+,28+,29-,30+/m1/s1. The van der Waals surface area contributed by atoms with E-state index >= 15 is 0 Å². The number of carbonyl (C=O) groups is 1. The molecule has 0 aromatic carbocycles. The number of methoxy groups -OCH3 is 1. The van der Waals surface area contributed by atoms with E-state index in [0.29, 0.717) is 30.8 Å². The van der Waals surface area contributed by atoms with Gasteiger partial charge < -0.3 is 29.2 Å². The summed E-state index contributed by atoms with van der Waals surface area (Å²) >= 11 is 0. The van der Waals surface area contributed by atoms with Gasteiger partial charge in [0.15, 0.2) is 6.29 Å². The average Bonchev–Trinajstić information content (AvgIpc) is 3.41. The van der Waals surface area contributed by atoms with Gasteiger partial charge in [-0.25, -0.2) is 4.79 Å². The second-order valence-electron chi connectivity index (χ2n) is 13.6. The minimum absolute atomic E-state index is 0.166. The van der Waals surface area contributed by atoms with Crippen LogP contribution in [0.3, 0.4) is 0 Å². The van der Waals surface area contributed by atoms with Gasteiger partial charge in [-0.05, 0) is 99.4 Å². The van der Waals surface area contributed by atoms with E-state index in [-0.39, 0.29) is 47.3 Å². The molecule has 7 nitrogen and oxygen atoms in total. The SMILES string of the molecule is CO[C@@H]1C[C@H](O[C@H]2CC[C@@]3(C)[C@H](CC[C@H]4[C@H]3CC[C@]3(C)[C@H](C5=CC(=O)OC5)CC[C@]43O)C2)O[C@H](C)[C@@H]1O. The maximum atomic E-state index is 12.4. The van der Waals surface area contributed by atoms with Gasteiger partial charge in [-0.15, -0.1) is 0 Å². The van der Waals surface area contributed by atoms with Crippen LogP contribution in [0.2, 0.25) is 0 Å². The predicted molar refractivity (Wildman–Crippen MR) is 136 cm³/mol. The van der Waals surface area contributed by atoms with Gasteiger partial charge in [0.25, 0.3) is 0 Å². The number of hydrogen-bond acceptors (Lipinski definition) is 7. The maximum absolute atomic E-state index is 12.4. The molecule has 7 heteroatoms. The Bertz CT molecular complexity index is 935. The highest BCUT2D eigenvalue weighted by Crippen LogP contribution is 2.70. The van der Waals surface area contributed by atoms with Crippen molar-refractivity contribution in [2.45, 2.75) is 121 Å². The lowest BCUT2D eigenvalue weighted by molar-refractivity contribution is -0.273. The molecule has 0 aromatic heterocycles. The van der Waals surface area contributed by atoms with E-state index in [9.17, 15) is 15.0 Å². The molecule has 0 spiro atoms. The highest BCUT2D eigenvalue weighted by molar-refractivity contribution is 5.85. The predicted octanol–water partition coefficient (Wildman–Crippen LogP) is 4.14. The molecule has 5 fully saturated rings. The van der Waals surface area contributed by atoms with Crippen molar-refractivity contribution in [3.8, 4) is 0 Å². The molecular formula is C30H46O7. The lowest BCUT2D eigenvalue weighted by atomic mass is 9.43. The molecule has 6 aliphatic rings. The van der Waals surface area contributed by atoms with E-state index < -0.39 is 11.7 Å². The van der Waals surface area contributed by atoms with Crippen LogP contribution in [0.4, 0.5) is 0 Å². The number of rotatable bonds is 4. The molecule has 2 aliphatic heterocycles. The minimum atomic E-state index is -0.670. The highest BCUT2D eigenvalue weighted by Gasteiger charge is 2.67. The number of aliphatic hydroxyl groups excluding tert-OH is 1. The summed E-state index contributed by atoms with van der Waals surface area (Å²) in [6.45, 7) is 7.07. The van der Waals surface area contributed by atoms with Crippen LogP contribution in [0, 0.1) is 34.5 Å². The molecule has 0 unspecified atom stereocenters. The molecule has 37 heavy (non-hydrogen) atoms. The van der Waals surface area contributed by atoms with Gasteiger partial charge >= 0.3 is 5.97 Å². The van der Waals surface area contributed by atoms with Gasteiger partial charge in [0.05, 0.1) is 23.9 Å². The van der Waals surface area contributed by atoms with Crippen molar-refractivity contribution in [1.82, 2.24) is 0 Å². The van der Waals surface area contributed by atoms with Crippen molar-refractivity contribution in [3.05, 3.63) is 11.6 Å². The lowest BCUT2D eigenvalue weighted by Crippen LogP contribution is -2.62. The van der Waals surface area contributed by atoms with Crippen LogP contribution in [-0.2, 0) is 23.7 Å². The molecule has 4 aliphatic carbocycles. The van der Waals surface area contributed by atoms with Gasteiger partial charge in [0.1, 0.15) is 12.7 Å². The number of esters is 1. The van der Waals surface area contributed by atoms with Crippen molar-refractivity contribution in [2.75, 3.05) is 13.7 Å². The number of aliphatic hydroxyl groups is 2. The van der Waals surface area contributed by atoms with Crippen molar-refractivity contribution >= 4 is 5.97 Å². The lowest BCUT2D eigenvalue weighted by Gasteiger charge is -2.64. The van der Waals surface area contributed by atoms with Crippen molar-refractivity contribution < 1.29 is 34.0 Å². The number of ether oxygens (including phenoxy) is 4. The second-order valence-corrected chi connectivity index (χ2v) is 13.6. The number of hydrogen-bond donors (Lipinski definition) is 2. The van der Waals surface area contributed by atoms with Crippen molar-refractivity contribution in [1.29, 1.82) is 0 Å². The zero-order valence-electron chi connectivity index (χ0n) is 23.0. The Morgan fingerprint density at radius 1 is 1.03 bits per heavy atom. The summed E-state index contributed by atoms with van der Waals surface area (Å²) in [6.07, 6.45) is 10.2. The van der Waals surface area contributed by atoms with E-state index in [0.717, 1.165) is 63.4 Å². The van der Waals surface area contributed by atoms with Crippen LogP contribution in [-0.4, -0.2) is 66.2 Å². The van der Waals surface area contributed by atoms with E-state index in [4.69, 9.17) is 18.9 Å². The van der Waals surface area contributed by atoms with Crippen LogP contribution >= 0.6 is 0 Å². The average molecular weight is 519 g/mol. The molecule has 2 heterocycles. The molecule has 12 atom stereocenters. The van der Waals surface area contributed by atoms with Crippen LogP contribution in [0.15, 0.2) is 11.6 Å². The van der Waals surface area contributed by atoms with Gasteiger partial charge in [0.2, 0.25) is 0 Å². The first-order valence-electron chi connectivity index (χ1n) is 14.7. The van der Waals surface area contributed by atoms with Crippen molar-refractivity contribution in [2.24, 2.45) is 34.5 Å². The molecule has 0 bridgehead atoms. The Kier molecular flexibility index (Phi) is 6.59. The fraction of sp³-hybridized carbons (Fsp3) is 0.900. The summed E-state index contributed by atoms with van der Waals surface area (Å²) in [5.41, 5.74) is 0.461. The van der Waals surface area contributed by atoms with Crippen LogP contribution in [0.5, 0.6) is 0 Å². The third kappa shape index (κ3) is 3.97. The molecule has 2 N–H and O–H groups in total. The molecule has 0 amide bonds. The molecule has 6 rings (SSSR count). The summed E-state index contributed by atoms with van der Waals surface area (Å²) < 4.78 is 23.2. The summed E-state index contributed by atoms with van der Waals surface area (Å²) in [6, 6.07) is 0. The smallest absolute Gasteiger partial charge is 0.331 e. The summed E-state index contributed by atoms with van der Waals surface area (Å²) in [7, 11) is 1.64. The topological polar surface area (TPSA) is 94.5 Å². The zero-order valence-corrected chi connectivity index (χ0v) is 23.0. The molecular weight excluding hydrogens is 472 g/mol. The highest BCUT2D eigenvalue weighted by atomic mass is 16.7. The first-order chi connectivity index (χ1) is 17.6. The Morgan fingerprint density at radius 3 is 2.57 bits per heavy atom. The third-order valence-corrected chi connectivity index (χ3v) is 12.2. The quantitative estimate of drug-likeness (QED) is 0.427. The van der Waals surface area contributed by atoms with Gasteiger partial charge in [-0.1, -0.05) is 13.8 Å². The van der Waals surface area contributed by atoms with Crippen molar-refractivity contribution in [3.63, 3.8) is 0 Å². The molecule has 0 radical (unpaired) electrons. The number of fused-ring (bicyclic) bond motifs is 5. The van der Waals surface area contributed by atoms with Gasteiger partial charge in [-0.2, -0.15) is 0 Å². The summed E-state index contributed by atoms with van der Waals surface area (Å²) in [5, 5.41) is 22.7. The molecule has 4 saturated carbocycles. The van der Waals surface area contributed by atoms with Crippen LogP contribution in [0.25, 0.3) is 0 Å². The van der Waals surface area contributed by atoms with Gasteiger partial charge in [-0.3, -0.25) is 0 Å². The number of cyclic esters (lactones) is 1. The Hall–Kier alpha value is -0.990. The maximum Gasteiger partial charge on any atom is 0.331 e. The monoisotopic (exact) mass is 518 g/mol. The Labute approximate surface area is 221 Å². The fourth-order valence-corrected chi connectivity index (χ4v) is 10.0. The normalized spacial score (nSPS) is 53.6. The minimum Gasteiger partial charge on any atom is -0.458 e. The first-order valence-corrected chi connectivity index (χ1v) is 14.7. The van der Waals surface area contributed by atoms with Gasteiger partial charge in [0, 0.05) is 25.0 Å². The molecule has 1 saturated heterocycles. The molecule has 208 valence electrons. The third-order valence-electron chi connectivity index (χ3n) is 12.2.